The number of urea groups is 1. The second-order valence-electron chi connectivity index (χ2n) is 6.39. The fourth-order valence-corrected chi connectivity index (χ4v) is 3.17. The zero-order chi connectivity index (χ0) is 16.0. The number of carboxylic acid groups (broad SMARTS) is 1. The Bertz CT molecular complexity index is 361. The molecule has 1 saturated heterocycles. The predicted octanol–water partition coefficient (Wildman–Crippen LogP) is 3.19. The van der Waals surface area contributed by atoms with E-state index < -0.39 is 11.4 Å². The molecule has 122 valence electrons. The number of piperidine rings is 1. The van der Waals surface area contributed by atoms with Gasteiger partial charge in [0.05, 0.1) is 5.41 Å². The minimum atomic E-state index is -0.703. The summed E-state index contributed by atoms with van der Waals surface area (Å²) >= 11 is 0. The highest BCUT2D eigenvalue weighted by Crippen LogP contribution is 2.36. The minimum Gasteiger partial charge on any atom is -0.481 e. The van der Waals surface area contributed by atoms with Gasteiger partial charge in [-0.1, -0.05) is 20.3 Å². The number of nitrogens with zero attached hydrogens (tertiary/aromatic N) is 2. The molecule has 0 unspecified atom stereocenters. The van der Waals surface area contributed by atoms with Crippen LogP contribution in [0.1, 0.15) is 59.8 Å². The quantitative estimate of drug-likeness (QED) is 0.819. The molecule has 1 N–H and O–H groups in total. The molecule has 0 radical (unpaired) electrons. The van der Waals surface area contributed by atoms with E-state index in [-0.39, 0.29) is 12.1 Å². The Balaban J connectivity index is 2.70. The zero-order valence-electron chi connectivity index (χ0n) is 13.9. The summed E-state index contributed by atoms with van der Waals surface area (Å²) in [6, 6.07) is 0.238. The topological polar surface area (TPSA) is 60.9 Å². The van der Waals surface area contributed by atoms with Crippen LogP contribution in [0.5, 0.6) is 0 Å². The fourth-order valence-electron chi connectivity index (χ4n) is 3.17. The first kappa shape index (κ1) is 17.8. The Kier molecular flexibility index (Phi) is 6.49. The van der Waals surface area contributed by atoms with Crippen molar-refractivity contribution < 1.29 is 14.7 Å². The molecule has 0 saturated carbocycles. The monoisotopic (exact) mass is 298 g/mol. The number of likely N-dealkylation sites (tertiary alicyclic amines) is 1. The van der Waals surface area contributed by atoms with E-state index in [0.29, 0.717) is 32.4 Å². The molecule has 1 aliphatic rings. The highest BCUT2D eigenvalue weighted by Gasteiger charge is 2.42. The summed E-state index contributed by atoms with van der Waals surface area (Å²) in [5.74, 6) is -0.703. The second-order valence-corrected chi connectivity index (χ2v) is 6.39. The lowest BCUT2D eigenvalue weighted by molar-refractivity contribution is -0.152. The Morgan fingerprint density at radius 3 is 2.14 bits per heavy atom. The summed E-state index contributed by atoms with van der Waals surface area (Å²) in [5.41, 5.74) is -0.626. The van der Waals surface area contributed by atoms with Crippen LogP contribution in [0.4, 0.5) is 4.79 Å². The van der Waals surface area contributed by atoms with Gasteiger partial charge in [-0.25, -0.2) is 4.79 Å². The third kappa shape index (κ3) is 4.11. The van der Waals surface area contributed by atoms with Gasteiger partial charge >= 0.3 is 12.0 Å². The zero-order valence-corrected chi connectivity index (χ0v) is 13.9. The minimum absolute atomic E-state index is 0.0577. The maximum absolute atomic E-state index is 12.6. The van der Waals surface area contributed by atoms with Crippen LogP contribution in [0.2, 0.25) is 0 Å². The van der Waals surface area contributed by atoms with Crippen molar-refractivity contribution in [1.82, 2.24) is 9.80 Å². The second kappa shape index (κ2) is 7.66. The lowest BCUT2D eigenvalue weighted by Crippen LogP contribution is -2.52. The van der Waals surface area contributed by atoms with E-state index in [1.165, 1.54) is 0 Å². The highest BCUT2D eigenvalue weighted by atomic mass is 16.4. The van der Waals surface area contributed by atoms with Gasteiger partial charge in [-0.15, -0.1) is 0 Å². The van der Waals surface area contributed by atoms with Crippen LogP contribution in [0.25, 0.3) is 0 Å². The van der Waals surface area contributed by atoms with Crippen LogP contribution in [0.15, 0.2) is 0 Å². The number of hydrogen-bond acceptors (Lipinski definition) is 2. The Labute approximate surface area is 128 Å². The average Bonchev–Trinajstić information content (AvgIpc) is 2.44. The van der Waals surface area contributed by atoms with Crippen molar-refractivity contribution >= 4 is 12.0 Å². The summed E-state index contributed by atoms with van der Waals surface area (Å²) in [6.07, 6.45) is 3.65. The van der Waals surface area contributed by atoms with Crippen LogP contribution in [0.3, 0.4) is 0 Å². The number of hydrogen-bond donors (Lipinski definition) is 1. The number of aliphatic carboxylic acids is 1. The van der Waals surface area contributed by atoms with Crippen molar-refractivity contribution in [1.29, 1.82) is 0 Å². The van der Waals surface area contributed by atoms with Crippen molar-refractivity contribution in [2.75, 3.05) is 19.6 Å². The summed E-state index contributed by atoms with van der Waals surface area (Å²) in [4.78, 5) is 27.9. The van der Waals surface area contributed by atoms with Gasteiger partial charge in [0, 0.05) is 25.7 Å². The first-order valence-corrected chi connectivity index (χ1v) is 8.17. The maximum atomic E-state index is 12.6. The van der Waals surface area contributed by atoms with Gasteiger partial charge in [0.25, 0.3) is 0 Å². The standard InChI is InChI=1S/C16H30N2O3/c1-5-7-16(14(19)20)8-11-17(12-9-16)15(21)18(10-6-2)13(3)4/h13H,5-12H2,1-4H3,(H,19,20). The Hall–Kier alpha value is -1.26. The molecule has 1 rings (SSSR count). The first-order chi connectivity index (χ1) is 9.88. The van der Waals surface area contributed by atoms with Crippen LogP contribution in [-0.4, -0.2) is 52.6 Å². The van der Waals surface area contributed by atoms with Gasteiger partial charge in [-0.2, -0.15) is 0 Å². The van der Waals surface area contributed by atoms with Crippen LogP contribution < -0.4 is 0 Å². The predicted molar refractivity (Wildman–Crippen MR) is 83.3 cm³/mol. The lowest BCUT2D eigenvalue weighted by Gasteiger charge is -2.41. The molecule has 1 aliphatic heterocycles. The molecule has 0 aliphatic carbocycles. The van der Waals surface area contributed by atoms with Crippen LogP contribution in [0, 0.1) is 5.41 Å². The average molecular weight is 298 g/mol. The van der Waals surface area contributed by atoms with Crippen molar-refractivity contribution in [2.45, 2.75) is 65.8 Å². The van der Waals surface area contributed by atoms with Crippen molar-refractivity contribution in [2.24, 2.45) is 5.41 Å². The molecular weight excluding hydrogens is 268 g/mol. The summed E-state index contributed by atoms with van der Waals surface area (Å²) in [6.45, 7) is 9.99. The Morgan fingerprint density at radius 1 is 1.19 bits per heavy atom. The number of rotatable bonds is 6. The number of carbonyl (C=O) groups excluding carboxylic acids is 1. The number of amides is 2. The molecule has 5 heteroatoms. The van der Waals surface area contributed by atoms with E-state index in [1.54, 1.807) is 0 Å². The summed E-state index contributed by atoms with van der Waals surface area (Å²) < 4.78 is 0. The van der Waals surface area contributed by atoms with Crippen molar-refractivity contribution in [3.8, 4) is 0 Å². The molecule has 0 atom stereocenters. The van der Waals surface area contributed by atoms with Crippen molar-refractivity contribution in [3.05, 3.63) is 0 Å². The molecule has 1 fully saturated rings. The maximum Gasteiger partial charge on any atom is 0.320 e. The van der Waals surface area contributed by atoms with Gasteiger partial charge in [-0.05, 0) is 39.5 Å². The van der Waals surface area contributed by atoms with Gasteiger partial charge < -0.3 is 14.9 Å². The molecule has 0 aromatic carbocycles. The molecule has 2 amide bonds. The molecule has 0 aromatic heterocycles. The van der Waals surface area contributed by atoms with Gasteiger partial charge in [-0.3, -0.25) is 4.79 Å². The number of carboxylic acids is 1. The van der Waals surface area contributed by atoms with E-state index in [1.807, 2.05) is 30.6 Å². The van der Waals surface area contributed by atoms with Gasteiger partial charge in [0.15, 0.2) is 0 Å². The van der Waals surface area contributed by atoms with Gasteiger partial charge in [0.2, 0.25) is 0 Å². The van der Waals surface area contributed by atoms with E-state index in [2.05, 4.69) is 6.92 Å². The molecule has 5 nitrogen and oxygen atoms in total. The molecule has 1 heterocycles. The molecule has 21 heavy (non-hydrogen) atoms. The van der Waals surface area contributed by atoms with E-state index >= 15 is 0 Å². The van der Waals surface area contributed by atoms with E-state index in [9.17, 15) is 14.7 Å². The molecule has 0 aromatic rings. The third-order valence-electron chi connectivity index (χ3n) is 4.51. The van der Waals surface area contributed by atoms with E-state index in [0.717, 1.165) is 19.4 Å². The van der Waals surface area contributed by atoms with Crippen molar-refractivity contribution in [3.63, 3.8) is 0 Å². The summed E-state index contributed by atoms with van der Waals surface area (Å²) in [5, 5.41) is 9.51. The SMILES string of the molecule is CCCN(C(=O)N1CCC(CCC)(C(=O)O)CC1)C(C)C. The molecule has 0 spiro atoms. The molecule has 0 bridgehead atoms. The fraction of sp³-hybridized carbons (Fsp3) is 0.875. The normalized spacial score (nSPS) is 17.9. The van der Waals surface area contributed by atoms with E-state index in [4.69, 9.17) is 0 Å². The molecular formula is C16H30N2O3. The lowest BCUT2D eigenvalue weighted by atomic mass is 9.75. The van der Waals surface area contributed by atoms with Gasteiger partial charge in [0.1, 0.15) is 0 Å². The summed E-state index contributed by atoms with van der Waals surface area (Å²) in [7, 11) is 0. The first-order valence-electron chi connectivity index (χ1n) is 8.17. The third-order valence-corrected chi connectivity index (χ3v) is 4.51. The largest absolute Gasteiger partial charge is 0.481 e. The highest BCUT2D eigenvalue weighted by molar-refractivity contribution is 5.77. The smallest absolute Gasteiger partial charge is 0.320 e. The Morgan fingerprint density at radius 2 is 1.76 bits per heavy atom. The van der Waals surface area contributed by atoms with Crippen LogP contribution >= 0.6 is 0 Å². The number of carbonyl (C=O) groups is 2. The van der Waals surface area contributed by atoms with Crippen LogP contribution in [-0.2, 0) is 4.79 Å².